The van der Waals surface area contributed by atoms with Crippen molar-refractivity contribution < 1.29 is 4.79 Å². The second kappa shape index (κ2) is 7.57. The van der Waals surface area contributed by atoms with Crippen LogP contribution < -0.4 is 5.73 Å². The van der Waals surface area contributed by atoms with E-state index in [-0.39, 0.29) is 5.91 Å². The first kappa shape index (κ1) is 16.0. The minimum absolute atomic E-state index is 0.0912. The van der Waals surface area contributed by atoms with E-state index in [1.807, 2.05) is 35.2 Å². The van der Waals surface area contributed by atoms with Crippen LogP contribution in [0.2, 0.25) is 0 Å². The van der Waals surface area contributed by atoms with E-state index in [0.717, 1.165) is 38.2 Å². The van der Waals surface area contributed by atoms with Crippen molar-refractivity contribution in [1.29, 1.82) is 0 Å². The smallest absolute Gasteiger partial charge is 0.239 e. The minimum Gasteiger partial charge on any atom is -0.340 e. The quantitative estimate of drug-likeness (QED) is 0.863. The molecular formula is C17H27N3O. The Labute approximate surface area is 127 Å². The number of likely N-dealkylation sites (tertiary alicyclic amines) is 1. The standard InChI is InChI=1S/C17H27N3O/c1-3-19(4-2)15-10-11-20(13-15)17(21)16(18)12-14-8-6-5-7-9-14/h5-9,15-16H,3-4,10-13,18H2,1-2H3/t15?,16-/m1/s1. The Bertz CT molecular complexity index is 445. The number of hydrogen-bond acceptors (Lipinski definition) is 3. The maximum absolute atomic E-state index is 12.5. The predicted octanol–water partition coefficient (Wildman–Crippen LogP) is 1.50. The van der Waals surface area contributed by atoms with Crippen molar-refractivity contribution in [2.45, 2.75) is 38.8 Å². The Kier molecular flexibility index (Phi) is 5.76. The summed E-state index contributed by atoms with van der Waals surface area (Å²) in [4.78, 5) is 16.8. The van der Waals surface area contributed by atoms with Crippen molar-refractivity contribution in [3.8, 4) is 0 Å². The van der Waals surface area contributed by atoms with Crippen molar-refractivity contribution >= 4 is 5.91 Å². The number of nitrogens with two attached hydrogens (primary N) is 1. The van der Waals surface area contributed by atoms with Crippen molar-refractivity contribution in [2.24, 2.45) is 5.73 Å². The molecule has 0 radical (unpaired) electrons. The average Bonchev–Trinajstić information content (AvgIpc) is 2.98. The molecule has 0 spiro atoms. The van der Waals surface area contributed by atoms with Crippen LogP contribution in [0.5, 0.6) is 0 Å². The van der Waals surface area contributed by atoms with Crippen LogP contribution in [0.15, 0.2) is 30.3 Å². The maximum Gasteiger partial charge on any atom is 0.239 e. The van der Waals surface area contributed by atoms with Gasteiger partial charge in [0.05, 0.1) is 6.04 Å². The summed E-state index contributed by atoms with van der Waals surface area (Å²) in [6.07, 6.45) is 1.68. The van der Waals surface area contributed by atoms with Gasteiger partial charge < -0.3 is 10.6 Å². The molecule has 1 aliphatic rings. The molecule has 1 aliphatic heterocycles. The molecule has 1 fully saturated rings. The van der Waals surface area contributed by atoms with E-state index < -0.39 is 6.04 Å². The lowest BCUT2D eigenvalue weighted by Gasteiger charge is -2.27. The Morgan fingerprint density at radius 3 is 2.62 bits per heavy atom. The van der Waals surface area contributed by atoms with Crippen molar-refractivity contribution in [3.63, 3.8) is 0 Å². The molecule has 2 atom stereocenters. The second-order valence-corrected chi connectivity index (χ2v) is 5.74. The molecule has 0 bridgehead atoms. The molecule has 0 aliphatic carbocycles. The number of benzene rings is 1. The second-order valence-electron chi connectivity index (χ2n) is 5.74. The molecule has 2 N–H and O–H groups in total. The predicted molar refractivity (Wildman–Crippen MR) is 86.0 cm³/mol. The molecule has 4 nitrogen and oxygen atoms in total. The van der Waals surface area contributed by atoms with Crippen LogP contribution in [-0.4, -0.2) is 54.0 Å². The summed E-state index contributed by atoms with van der Waals surface area (Å²) in [6.45, 7) is 8.09. The van der Waals surface area contributed by atoms with Gasteiger partial charge in [0.1, 0.15) is 0 Å². The highest BCUT2D eigenvalue weighted by Gasteiger charge is 2.31. The molecular weight excluding hydrogens is 262 g/mol. The molecule has 0 saturated carbocycles. The van der Waals surface area contributed by atoms with E-state index in [1.54, 1.807) is 0 Å². The Morgan fingerprint density at radius 1 is 1.33 bits per heavy atom. The topological polar surface area (TPSA) is 49.6 Å². The first-order valence-corrected chi connectivity index (χ1v) is 7.98. The summed E-state index contributed by atoms with van der Waals surface area (Å²) in [5, 5.41) is 0. The zero-order chi connectivity index (χ0) is 15.2. The molecule has 4 heteroatoms. The van der Waals surface area contributed by atoms with Crippen molar-refractivity contribution in [1.82, 2.24) is 9.80 Å². The van der Waals surface area contributed by atoms with E-state index >= 15 is 0 Å². The molecule has 0 aromatic heterocycles. The SMILES string of the molecule is CCN(CC)C1CCN(C(=O)[C@H](N)Cc2ccccc2)C1. The zero-order valence-corrected chi connectivity index (χ0v) is 13.2. The molecule has 1 aromatic carbocycles. The van der Waals surface area contributed by atoms with Gasteiger partial charge in [-0.3, -0.25) is 9.69 Å². The van der Waals surface area contributed by atoms with E-state index in [2.05, 4.69) is 18.7 Å². The molecule has 116 valence electrons. The van der Waals surface area contributed by atoms with Crippen LogP contribution in [0.4, 0.5) is 0 Å². The summed E-state index contributed by atoms with van der Waals surface area (Å²) in [7, 11) is 0. The number of likely N-dealkylation sites (N-methyl/N-ethyl adjacent to an activating group) is 1. The fourth-order valence-electron chi connectivity index (χ4n) is 3.17. The molecule has 1 saturated heterocycles. The van der Waals surface area contributed by atoms with Gasteiger partial charge in [0.25, 0.3) is 0 Å². The highest BCUT2D eigenvalue weighted by atomic mass is 16.2. The zero-order valence-electron chi connectivity index (χ0n) is 13.2. The number of rotatable bonds is 6. The van der Waals surface area contributed by atoms with Crippen LogP contribution in [0.1, 0.15) is 25.8 Å². The number of amides is 1. The van der Waals surface area contributed by atoms with Gasteiger partial charge in [-0.1, -0.05) is 44.2 Å². The van der Waals surface area contributed by atoms with E-state index in [4.69, 9.17) is 5.73 Å². The van der Waals surface area contributed by atoms with E-state index in [1.165, 1.54) is 0 Å². The van der Waals surface area contributed by atoms with Gasteiger partial charge in [0.2, 0.25) is 5.91 Å². The number of nitrogens with zero attached hydrogens (tertiary/aromatic N) is 2. The molecule has 2 rings (SSSR count). The lowest BCUT2D eigenvalue weighted by Crippen LogP contribution is -2.45. The Morgan fingerprint density at radius 2 is 2.00 bits per heavy atom. The van der Waals surface area contributed by atoms with E-state index in [0.29, 0.717) is 12.5 Å². The minimum atomic E-state index is -0.428. The molecule has 1 amide bonds. The van der Waals surface area contributed by atoms with Gasteiger partial charge in [-0.05, 0) is 31.5 Å². The molecule has 21 heavy (non-hydrogen) atoms. The van der Waals surface area contributed by atoms with Crippen LogP contribution in [-0.2, 0) is 11.2 Å². The van der Waals surface area contributed by atoms with Gasteiger partial charge in [-0.25, -0.2) is 0 Å². The largest absolute Gasteiger partial charge is 0.340 e. The number of carbonyl (C=O) groups excluding carboxylic acids is 1. The van der Waals surface area contributed by atoms with Gasteiger partial charge in [-0.2, -0.15) is 0 Å². The van der Waals surface area contributed by atoms with Crippen LogP contribution in [0.25, 0.3) is 0 Å². The highest BCUT2D eigenvalue weighted by Crippen LogP contribution is 2.16. The van der Waals surface area contributed by atoms with Crippen LogP contribution in [0, 0.1) is 0 Å². The van der Waals surface area contributed by atoms with E-state index in [9.17, 15) is 4.79 Å². The van der Waals surface area contributed by atoms with Gasteiger partial charge >= 0.3 is 0 Å². The number of carbonyl (C=O) groups is 1. The van der Waals surface area contributed by atoms with Gasteiger partial charge in [-0.15, -0.1) is 0 Å². The van der Waals surface area contributed by atoms with Crippen LogP contribution in [0.3, 0.4) is 0 Å². The van der Waals surface area contributed by atoms with Gasteiger partial charge in [0.15, 0.2) is 0 Å². The lowest BCUT2D eigenvalue weighted by molar-refractivity contribution is -0.131. The monoisotopic (exact) mass is 289 g/mol. The third-order valence-electron chi connectivity index (χ3n) is 4.42. The summed E-state index contributed by atoms with van der Waals surface area (Å²) in [6, 6.07) is 10.1. The lowest BCUT2D eigenvalue weighted by atomic mass is 10.1. The van der Waals surface area contributed by atoms with Crippen LogP contribution >= 0.6 is 0 Å². The summed E-state index contributed by atoms with van der Waals surface area (Å²) in [5.74, 6) is 0.0912. The molecule has 1 aromatic rings. The van der Waals surface area contributed by atoms with Gasteiger partial charge in [0, 0.05) is 19.1 Å². The highest BCUT2D eigenvalue weighted by molar-refractivity contribution is 5.82. The summed E-state index contributed by atoms with van der Waals surface area (Å²) >= 11 is 0. The normalized spacial score (nSPS) is 20.0. The molecule has 1 unspecified atom stereocenters. The van der Waals surface area contributed by atoms with Crippen molar-refractivity contribution in [2.75, 3.05) is 26.2 Å². The van der Waals surface area contributed by atoms with Crippen molar-refractivity contribution in [3.05, 3.63) is 35.9 Å². The first-order chi connectivity index (χ1) is 10.2. The Hall–Kier alpha value is -1.39. The maximum atomic E-state index is 12.5. The third kappa shape index (κ3) is 4.05. The Balaban J connectivity index is 1.89. The fourth-order valence-corrected chi connectivity index (χ4v) is 3.17. The molecule has 1 heterocycles. The fraction of sp³-hybridized carbons (Fsp3) is 0.588. The summed E-state index contributed by atoms with van der Waals surface area (Å²) in [5.41, 5.74) is 7.23. The average molecular weight is 289 g/mol. The first-order valence-electron chi connectivity index (χ1n) is 7.98. The number of hydrogen-bond donors (Lipinski definition) is 1. The third-order valence-corrected chi connectivity index (χ3v) is 4.42. The summed E-state index contributed by atoms with van der Waals surface area (Å²) < 4.78 is 0.